The highest BCUT2D eigenvalue weighted by molar-refractivity contribution is 6.00. The van der Waals surface area contributed by atoms with Crippen LogP contribution in [0.1, 0.15) is 54.9 Å². The highest BCUT2D eigenvalue weighted by atomic mass is 16.5. The molecule has 4 atom stereocenters. The van der Waals surface area contributed by atoms with Crippen molar-refractivity contribution in [2.75, 3.05) is 24.8 Å². The van der Waals surface area contributed by atoms with Gasteiger partial charge in [-0.25, -0.2) is 4.98 Å². The summed E-state index contributed by atoms with van der Waals surface area (Å²) in [6.45, 7) is 0. The van der Waals surface area contributed by atoms with E-state index in [2.05, 4.69) is 26.0 Å². The number of carbonyl (C=O) groups is 1. The molecular weight excluding hydrogens is 450 g/mol. The number of amides is 1. The maximum absolute atomic E-state index is 13.3. The number of aliphatic hydroxyl groups is 1. The molecule has 4 N–H and O–H groups in total. The molecule has 3 aromatic heterocycles. The molecule has 0 aliphatic heterocycles. The number of fused-ring (bicyclic) bond motifs is 1. The van der Waals surface area contributed by atoms with Gasteiger partial charge in [0.15, 0.2) is 5.65 Å². The van der Waals surface area contributed by atoms with E-state index in [1.807, 2.05) is 12.3 Å². The number of ether oxygens (including phenoxy) is 1. The number of aromatic nitrogens is 4. The van der Waals surface area contributed by atoms with E-state index in [1.54, 1.807) is 30.9 Å². The van der Waals surface area contributed by atoms with Crippen molar-refractivity contribution in [3.8, 4) is 0 Å². The van der Waals surface area contributed by atoms with Gasteiger partial charge in [-0.2, -0.15) is 9.61 Å². The SMILES string of the molecule is CNc1cc(Nc2cccn([C@@H]3CCC[C@H](OC)C3)c2=O)nc2c(C(=O)NC3CC[C@H]3O)cnn12. The Morgan fingerprint density at radius 2 is 2.11 bits per heavy atom. The van der Waals surface area contributed by atoms with Crippen molar-refractivity contribution < 1.29 is 14.6 Å². The summed E-state index contributed by atoms with van der Waals surface area (Å²) in [4.78, 5) is 30.8. The van der Waals surface area contributed by atoms with E-state index >= 15 is 0 Å². The van der Waals surface area contributed by atoms with Crippen molar-refractivity contribution >= 4 is 28.9 Å². The molecule has 186 valence electrons. The van der Waals surface area contributed by atoms with Gasteiger partial charge < -0.3 is 30.4 Å². The third-order valence-electron chi connectivity index (χ3n) is 7.09. The standard InChI is InChI=1S/C24H31N7O4/c1-25-21-12-20(29-22-16(13-26-31(21)22)23(33)28-17-8-9-19(17)32)27-18-7-4-10-30(24(18)34)14-5-3-6-15(11-14)35-2/h4,7,10,12-15,17,19,25,32H,3,5-6,8-9,11H2,1-2H3,(H,27,29)(H,28,33)/t14-,15+,17?,19-/m1/s1. The van der Waals surface area contributed by atoms with E-state index in [-0.39, 0.29) is 29.7 Å². The fourth-order valence-corrected chi connectivity index (χ4v) is 4.88. The van der Waals surface area contributed by atoms with E-state index < -0.39 is 6.10 Å². The summed E-state index contributed by atoms with van der Waals surface area (Å²) in [5.41, 5.74) is 0.904. The van der Waals surface area contributed by atoms with Crippen LogP contribution in [-0.4, -0.2) is 62.6 Å². The normalized spacial score (nSPS) is 24.1. The predicted molar refractivity (Wildman–Crippen MR) is 131 cm³/mol. The van der Waals surface area contributed by atoms with Crippen LogP contribution in [0.15, 0.2) is 35.4 Å². The maximum Gasteiger partial charge on any atom is 0.274 e. The van der Waals surface area contributed by atoms with Gasteiger partial charge in [0.2, 0.25) is 0 Å². The number of pyridine rings is 1. The molecule has 3 aromatic rings. The molecule has 1 unspecified atom stereocenters. The zero-order valence-corrected chi connectivity index (χ0v) is 19.9. The zero-order valence-electron chi connectivity index (χ0n) is 19.9. The molecule has 0 saturated heterocycles. The first-order valence-electron chi connectivity index (χ1n) is 12.0. The van der Waals surface area contributed by atoms with Crippen LogP contribution >= 0.6 is 0 Å². The lowest BCUT2D eigenvalue weighted by Gasteiger charge is -2.32. The number of anilines is 3. The molecule has 2 saturated carbocycles. The summed E-state index contributed by atoms with van der Waals surface area (Å²) in [5, 5.41) is 23.2. The van der Waals surface area contributed by atoms with Crippen LogP contribution < -0.4 is 21.5 Å². The second-order valence-electron chi connectivity index (χ2n) is 9.23. The highest BCUT2D eigenvalue weighted by Crippen LogP contribution is 2.29. The Kier molecular flexibility index (Phi) is 6.44. The number of nitrogens with zero attached hydrogens (tertiary/aromatic N) is 4. The Labute approximate surface area is 202 Å². The van der Waals surface area contributed by atoms with Gasteiger partial charge in [-0.3, -0.25) is 9.59 Å². The van der Waals surface area contributed by atoms with Gasteiger partial charge in [0, 0.05) is 32.5 Å². The van der Waals surface area contributed by atoms with Crippen LogP contribution in [0.25, 0.3) is 5.65 Å². The summed E-state index contributed by atoms with van der Waals surface area (Å²) in [5.74, 6) is 0.669. The smallest absolute Gasteiger partial charge is 0.274 e. The van der Waals surface area contributed by atoms with Gasteiger partial charge in [0.25, 0.3) is 11.5 Å². The number of methoxy groups -OCH3 is 1. The van der Waals surface area contributed by atoms with Crippen molar-refractivity contribution in [3.63, 3.8) is 0 Å². The van der Waals surface area contributed by atoms with E-state index in [0.29, 0.717) is 35.0 Å². The second kappa shape index (κ2) is 9.67. The van der Waals surface area contributed by atoms with Gasteiger partial charge >= 0.3 is 0 Å². The Morgan fingerprint density at radius 3 is 2.83 bits per heavy atom. The molecule has 5 rings (SSSR count). The minimum Gasteiger partial charge on any atom is -0.391 e. The number of nitrogens with one attached hydrogen (secondary N) is 3. The molecule has 1 amide bonds. The second-order valence-corrected chi connectivity index (χ2v) is 9.23. The number of rotatable bonds is 7. The first-order valence-corrected chi connectivity index (χ1v) is 12.0. The molecule has 35 heavy (non-hydrogen) atoms. The van der Waals surface area contributed by atoms with Crippen molar-refractivity contribution in [1.82, 2.24) is 24.5 Å². The van der Waals surface area contributed by atoms with Crippen LogP contribution in [0.4, 0.5) is 17.3 Å². The van der Waals surface area contributed by atoms with Crippen molar-refractivity contribution in [3.05, 3.63) is 46.5 Å². The van der Waals surface area contributed by atoms with Gasteiger partial charge in [-0.15, -0.1) is 0 Å². The topological polar surface area (TPSA) is 135 Å². The molecule has 3 heterocycles. The van der Waals surface area contributed by atoms with Gasteiger partial charge in [-0.05, 0) is 50.7 Å². The predicted octanol–water partition coefficient (Wildman–Crippen LogP) is 2.06. The Balaban J connectivity index is 1.44. The number of aliphatic hydroxyl groups excluding tert-OH is 1. The molecule has 0 radical (unpaired) electrons. The summed E-state index contributed by atoms with van der Waals surface area (Å²) in [6, 6.07) is 5.12. The Morgan fingerprint density at radius 1 is 1.26 bits per heavy atom. The molecule has 0 bridgehead atoms. The number of hydrogen-bond donors (Lipinski definition) is 4. The molecule has 11 nitrogen and oxygen atoms in total. The number of hydrogen-bond acceptors (Lipinski definition) is 8. The van der Waals surface area contributed by atoms with E-state index in [4.69, 9.17) is 4.74 Å². The molecule has 0 aromatic carbocycles. The van der Waals surface area contributed by atoms with Crippen LogP contribution in [-0.2, 0) is 4.74 Å². The summed E-state index contributed by atoms with van der Waals surface area (Å²) >= 11 is 0. The summed E-state index contributed by atoms with van der Waals surface area (Å²) in [7, 11) is 3.46. The Hall–Kier alpha value is -3.44. The average Bonchev–Trinajstić information content (AvgIpc) is 3.31. The third kappa shape index (κ3) is 4.48. The zero-order chi connectivity index (χ0) is 24.5. The van der Waals surface area contributed by atoms with Gasteiger partial charge in [0.1, 0.15) is 22.9 Å². The van der Waals surface area contributed by atoms with Crippen LogP contribution in [0, 0.1) is 0 Å². The minimum atomic E-state index is -0.526. The molecular formula is C24H31N7O4. The van der Waals surface area contributed by atoms with Crippen molar-refractivity contribution in [2.24, 2.45) is 0 Å². The molecule has 2 aliphatic rings. The van der Waals surface area contributed by atoms with Crippen LogP contribution in [0.2, 0.25) is 0 Å². The van der Waals surface area contributed by atoms with Crippen LogP contribution in [0.5, 0.6) is 0 Å². The minimum absolute atomic E-state index is 0.0817. The fourth-order valence-electron chi connectivity index (χ4n) is 4.88. The van der Waals surface area contributed by atoms with E-state index in [0.717, 1.165) is 32.1 Å². The lowest BCUT2D eigenvalue weighted by molar-refractivity contribution is 0.0448. The maximum atomic E-state index is 13.3. The van der Waals surface area contributed by atoms with Crippen molar-refractivity contribution in [2.45, 2.75) is 62.8 Å². The first kappa shape index (κ1) is 23.3. The van der Waals surface area contributed by atoms with Gasteiger partial charge in [-0.1, -0.05) is 0 Å². The molecule has 2 aliphatic carbocycles. The third-order valence-corrected chi connectivity index (χ3v) is 7.09. The van der Waals surface area contributed by atoms with Crippen molar-refractivity contribution in [1.29, 1.82) is 0 Å². The molecule has 2 fully saturated rings. The molecule has 0 spiro atoms. The quantitative estimate of drug-likeness (QED) is 0.403. The summed E-state index contributed by atoms with van der Waals surface area (Å²) < 4.78 is 8.84. The van der Waals surface area contributed by atoms with E-state index in [9.17, 15) is 14.7 Å². The largest absolute Gasteiger partial charge is 0.391 e. The Bertz CT molecular complexity index is 1290. The highest BCUT2D eigenvalue weighted by Gasteiger charge is 2.31. The lowest BCUT2D eigenvalue weighted by Crippen LogP contribution is -2.50. The van der Waals surface area contributed by atoms with Gasteiger partial charge in [0.05, 0.1) is 24.4 Å². The first-order chi connectivity index (χ1) is 17.0. The lowest BCUT2D eigenvalue weighted by atomic mass is 9.89. The fraction of sp³-hybridized carbons (Fsp3) is 0.500. The molecule has 11 heteroatoms. The number of carbonyl (C=O) groups excluding carboxylic acids is 1. The van der Waals surface area contributed by atoms with Crippen LogP contribution in [0.3, 0.4) is 0 Å². The summed E-state index contributed by atoms with van der Waals surface area (Å²) in [6.07, 6.45) is 8.09. The van der Waals surface area contributed by atoms with E-state index in [1.165, 1.54) is 10.7 Å². The average molecular weight is 482 g/mol. The monoisotopic (exact) mass is 481 g/mol.